The van der Waals surface area contributed by atoms with E-state index in [4.69, 9.17) is 5.73 Å². The maximum Gasteiger partial charge on any atom is 0.0519 e. The van der Waals surface area contributed by atoms with Crippen LogP contribution in [-0.2, 0) is 0 Å². The summed E-state index contributed by atoms with van der Waals surface area (Å²) in [5.74, 6) is 0.651. The first-order chi connectivity index (χ1) is 7.32. The zero-order chi connectivity index (χ0) is 12.8. The Balaban J connectivity index is 4.40. The molecule has 0 aliphatic carbocycles. The lowest BCUT2D eigenvalue weighted by molar-refractivity contribution is 0.146. The summed E-state index contributed by atoms with van der Waals surface area (Å²) in [6.45, 7) is 12.3. The third-order valence-electron chi connectivity index (χ3n) is 3.77. The highest BCUT2D eigenvalue weighted by atomic mass is 15.1. The lowest BCUT2D eigenvalue weighted by atomic mass is 9.73. The number of nitrogens with one attached hydrogen (secondary N) is 2. The van der Waals surface area contributed by atoms with Crippen LogP contribution in [0.15, 0.2) is 0 Å². The van der Waals surface area contributed by atoms with Crippen molar-refractivity contribution < 1.29 is 0 Å². The molecule has 0 aromatic carbocycles. The van der Waals surface area contributed by atoms with Crippen LogP contribution in [0.2, 0.25) is 0 Å². The highest BCUT2D eigenvalue weighted by Crippen LogP contribution is 2.32. The van der Waals surface area contributed by atoms with E-state index in [2.05, 4.69) is 38.3 Å². The van der Waals surface area contributed by atoms with Gasteiger partial charge < -0.3 is 11.1 Å². The number of nitrogens with two attached hydrogens (primary N) is 1. The highest BCUT2D eigenvalue weighted by molar-refractivity contribution is 4.87. The number of rotatable bonds is 8. The average molecular weight is 229 g/mol. The lowest BCUT2D eigenvalue weighted by Crippen LogP contribution is -2.51. The van der Waals surface area contributed by atoms with Crippen LogP contribution in [0.5, 0.6) is 0 Å². The summed E-state index contributed by atoms with van der Waals surface area (Å²) < 4.78 is 0. The molecule has 0 amide bonds. The maximum absolute atomic E-state index is 5.87. The molecule has 0 heterocycles. The van der Waals surface area contributed by atoms with Gasteiger partial charge in [0, 0.05) is 6.04 Å². The summed E-state index contributed by atoms with van der Waals surface area (Å²) in [4.78, 5) is 0. The second kappa shape index (κ2) is 7.25. The Labute approximate surface area is 102 Å². The van der Waals surface area contributed by atoms with Gasteiger partial charge in [0.05, 0.1) is 6.17 Å². The van der Waals surface area contributed by atoms with E-state index in [1.54, 1.807) is 0 Å². The first kappa shape index (κ1) is 15.9. The van der Waals surface area contributed by atoms with Gasteiger partial charge in [-0.1, -0.05) is 27.7 Å². The smallest absolute Gasteiger partial charge is 0.0519 e. The van der Waals surface area contributed by atoms with Gasteiger partial charge in [-0.05, 0) is 44.7 Å². The molecule has 0 bridgehead atoms. The minimum Gasteiger partial charge on any atom is -0.320 e. The van der Waals surface area contributed by atoms with E-state index in [-0.39, 0.29) is 11.6 Å². The van der Waals surface area contributed by atoms with Crippen LogP contribution < -0.4 is 16.4 Å². The molecule has 0 saturated heterocycles. The molecule has 3 heteroatoms. The molecule has 0 aliphatic heterocycles. The second-order valence-corrected chi connectivity index (χ2v) is 5.73. The van der Waals surface area contributed by atoms with E-state index < -0.39 is 0 Å². The first-order valence-electron chi connectivity index (χ1n) is 6.48. The summed E-state index contributed by atoms with van der Waals surface area (Å²) in [6, 6.07) is 0.487. The van der Waals surface area contributed by atoms with Crippen LogP contribution in [0.1, 0.15) is 47.5 Å². The van der Waals surface area contributed by atoms with Crippen molar-refractivity contribution in [2.24, 2.45) is 17.1 Å². The Morgan fingerprint density at radius 3 is 2.12 bits per heavy atom. The van der Waals surface area contributed by atoms with Crippen LogP contribution in [0.25, 0.3) is 0 Å². The molecular formula is C13H31N3. The summed E-state index contributed by atoms with van der Waals surface area (Å²) in [6.07, 6.45) is 2.43. The molecule has 0 aromatic rings. The molecule has 0 aromatic heterocycles. The van der Waals surface area contributed by atoms with Gasteiger partial charge in [0.25, 0.3) is 0 Å². The van der Waals surface area contributed by atoms with Gasteiger partial charge in [-0.3, -0.25) is 5.32 Å². The predicted molar refractivity (Wildman–Crippen MR) is 72.4 cm³/mol. The molecule has 0 saturated carbocycles. The van der Waals surface area contributed by atoms with Crippen LogP contribution in [0, 0.1) is 11.3 Å². The van der Waals surface area contributed by atoms with Crippen molar-refractivity contribution in [2.45, 2.75) is 59.7 Å². The predicted octanol–water partition coefficient (Wildman–Crippen LogP) is 1.93. The van der Waals surface area contributed by atoms with Crippen LogP contribution in [0.4, 0.5) is 0 Å². The van der Waals surface area contributed by atoms with Gasteiger partial charge in [-0.2, -0.15) is 0 Å². The number of hydrogen-bond donors (Lipinski definition) is 3. The molecule has 0 rings (SSSR count). The van der Waals surface area contributed by atoms with Crippen molar-refractivity contribution in [3.63, 3.8) is 0 Å². The SMILES string of the molecule is CNCCCC(NC(C)N)C(C)(C)C(C)C. The standard InChI is InChI=1S/C13H31N3/c1-10(2)13(4,5)12(16-11(3)14)8-7-9-15-6/h10-12,15-16H,7-9,14H2,1-6H3. The topological polar surface area (TPSA) is 50.1 Å². The van der Waals surface area contributed by atoms with Crippen LogP contribution in [0.3, 0.4) is 0 Å². The molecule has 0 fully saturated rings. The van der Waals surface area contributed by atoms with E-state index in [1.807, 2.05) is 14.0 Å². The average Bonchev–Trinajstić information content (AvgIpc) is 2.15. The molecule has 4 N–H and O–H groups in total. The number of hydrogen-bond acceptors (Lipinski definition) is 3. The second-order valence-electron chi connectivity index (χ2n) is 5.73. The van der Waals surface area contributed by atoms with Crippen molar-refractivity contribution in [3.05, 3.63) is 0 Å². The minimum absolute atomic E-state index is 0.0672. The summed E-state index contributed by atoms with van der Waals surface area (Å²) in [5, 5.41) is 6.71. The summed E-state index contributed by atoms with van der Waals surface area (Å²) >= 11 is 0. The molecule has 98 valence electrons. The summed E-state index contributed by atoms with van der Waals surface area (Å²) in [7, 11) is 2.00. The van der Waals surface area contributed by atoms with Crippen molar-refractivity contribution in [1.29, 1.82) is 0 Å². The molecule has 16 heavy (non-hydrogen) atoms. The fourth-order valence-electron chi connectivity index (χ4n) is 1.87. The zero-order valence-electron chi connectivity index (χ0n) is 11.9. The van der Waals surface area contributed by atoms with Gasteiger partial charge in [0.15, 0.2) is 0 Å². The molecule has 3 nitrogen and oxygen atoms in total. The monoisotopic (exact) mass is 229 g/mol. The third-order valence-corrected chi connectivity index (χ3v) is 3.77. The molecule has 0 aliphatic rings. The Morgan fingerprint density at radius 1 is 1.19 bits per heavy atom. The van der Waals surface area contributed by atoms with E-state index in [9.17, 15) is 0 Å². The molecule has 2 atom stereocenters. The fraction of sp³-hybridized carbons (Fsp3) is 1.00. The van der Waals surface area contributed by atoms with Gasteiger partial charge in [0.1, 0.15) is 0 Å². The third kappa shape index (κ3) is 5.28. The van der Waals surface area contributed by atoms with E-state index in [1.165, 1.54) is 12.8 Å². The Bertz CT molecular complexity index is 176. The van der Waals surface area contributed by atoms with Crippen molar-refractivity contribution in [3.8, 4) is 0 Å². The fourth-order valence-corrected chi connectivity index (χ4v) is 1.87. The normalized spacial score (nSPS) is 16.5. The minimum atomic E-state index is 0.0672. The van der Waals surface area contributed by atoms with E-state index >= 15 is 0 Å². The largest absolute Gasteiger partial charge is 0.320 e. The molecular weight excluding hydrogens is 198 g/mol. The van der Waals surface area contributed by atoms with Gasteiger partial charge in [-0.25, -0.2) is 0 Å². The first-order valence-corrected chi connectivity index (χ1v) is 6.48. The quantitative estimate of drug-likeness (QED) is 0.440. The Morgan fingerprint density at radius 2 is 1.75 bits per heavy atom. The van der Waals surface area contributed by atoms with Crippen LogP contribution >= 0.6 is 0 Å². The van der Waals surface area contributed by atoms with Gasteiger partial charge in [0.2, 0.25) is 0 Å². The molecule has 0 radical (unpaired) electrons. The Kier molecular flexibility index (Phi) is 7.20. The van der Waals surface area contributed by atoms with Gasteiger partial charge in [-0.15, -0.1) is 0 Å². The van der Waals surface area contributed by atoms with E-state index in [0.717, 1.165) is 6.54 Å². The highest BCUT2D eigenvalue weighted by Gasteiger charge is 2.32. The van der Waals surface area contributed by atoms with Crippen molar-refractivity contribution >= 4 is 0 Å². The van der Waals surface area contributed by atoms with E-state index in [0.29, 0.717) is 12.0 Å². The van der Waals surface area contributed by atoms with Crippen molar-refractivity contribution in [1.82, 2.24) is 10.6 Å². The Hall–Kier alpha value is -0.120. The van der Waals surface area contributed by atoms with Gasteiger partial charge >= 0.3 is 0 Å². The van der Waals surface area contributed by atoms with Crippen LogP contribution in [-0.4, -0.2) is 25.8 Å². The zero-order valence-corrected chi connectivity index (χ0v) is 11.9. The molecule has 0 spiro atoms. The summed E-state index contributed by atoms with van der Waals surface area (Å²) in [5.41, 5.74) is 6.15. The lowest BCUT2D eigenvalue weighted by Gasteiger charge is -2.40. The molecule has 2 unspecified atom stereocenters. The maximum atomic E-state index is 5.87. The van der Waals surface area contributed by atoms with Crippen molar-refractivity contribution in [2.75, 3.05) is 13.6 Å².